The van der Waals surface area contributed by atoms with Crippen molar-refractivity contribution in [2.24, 2.45) is 0 Å². The molecule has 2 aromatic rings. The van der Waals surface area contributed by atoms with Gasteiger partial charge in [-0.3, -0.25) is 9.59 Å². The van der Waals surface area contributed by atoms with Gasteiger partial charge in [0.2, 0.25) is 0 Å². The normalized spacial score (nSPS) is 17.0. The van der Waals surface area contributed by atoms with Crippen molar-refractivity contribution < 1.29 is 37.0 Å². The minimum Gasteiger partial charge on any atom is -0.493 e. The summed E-state index contributed by atoms with van der Waals surface area (Å²) in [7, 11) is 1.44. The molecule has 7 nitrogen and oxygen atoms in total. The van der Waals surface area contributed by atoms with Crippen LogP contribution in [0.3, 0.4) is 0 Å². The molecule has 2 aliphatic rings. The molecule has 0 spiro atoms. The van der Waals surface area contributed by atoms with E-state index in [4.69, 9.17) is 14.2 Å². The predicted octanol–water partition coefficient (Wildman–Crippen LogP) is 3.44. The van der Waals surface area contributed by atoms with Crippen LogP contribution in [-0.2, 0) is 20.5 Å². The van der Waals surface area contributed by atoms with Crippen LogP contribution < -0.4 is 14.8 Å². The maximum Gasteiger partial charge on any atom is 0.416 e. The van der Waals surface area contributed by atoms with Crippen molar-refractivity contribution in [3.8, 4) is 11.5 Å². The van der Waals surface area contributed by atoms with Crippen LogP contribution in [0.15, 0.2) is 36.4 Å². The van der Waals surface area contributed by atoms with Gasteiger partial charge in [0.25, 0.3) is 11.8 Å². The Kier molecular flexibility index (Phi) is 6.28. The van der Waals surface area contributed by atoms with Crippen LogP contribution in [0, 0.1) is 0 Å². The number of hydrogen-bond donors (Lipinski definition) is 1. The third kappa shape index (κ3) is 4.95. The van der Waals surface area contributed by atoms with Crippen LogP contribution in [0.1, 0.15) is 16.7 Å². The lowest BCUT2D eigenvalue weighted by molar-refractivity contribution is -0.138. The predicted molar refractivity (Wildman–Crippen MR) is 114 cm³/mol. The molecule has 0 unspecified atom stereocenters. The summed E-state index contributed by atoms with van der Waals surface area (Å²) in [5, 5.41) is 2.47. The number of methoxy groups -OCH3 is 1. The van der Waals surface area contributed by atoms with Gasteiger partial charge in [0.15, 0.2) is 18.1 Å². The van der Waals surface area contributed by atoms with Gasteiger partial charge >= 0.3 is 6.18 Å². The average molecular weight is 462 g/mol. The lowest BCUT2D eigenvalue weighted by Crippen LogP contribution is -2.43. The van der Waals surface area contributed by atoms with Crippen molar-refractivity contribution in [1.82, 2.24) is 4.90 Å². The maximum absolute atomic E-state index is 13.0. The van der Waals surface area contributed by atoms with Crippen molar-refractivity contribution >= 4 is 29.2 Å². The molecule has 1 N–H and O–H groups in total. The molecule has 0 atom stereocenters. The summed E-state index contributed by atoms with van der Waals surface area (Å²) in [4.78, 5) is 26.3. The second-order valence-electron chi connectivity index (χ2n) is 7.46. The third-order valence-corrected chi connectivity index (χ3v) is 5.34. The zero-order chi connectivity index (χ0) is 23.6. The molecule has 1 saturated heterocycles. The van der Waals surface area contributed by atoms with Crippen molar-refractivity contribution in [2.45, 2.75) is 6.18 Å². The highest BCUT2D eigenvalue weighted by atomic mass is 19.4. The summed E-state index contributed by atoms with van der Waals surface area (Å²) in [6.07, 6.45) is -2.95. The van der Waals surface area contributed by atoms with E-state index in [9.17, 15) is 22.8 Å². The number of ether oxygens (including phenoxy) is 3. The van der Waals surface area contributed by atoms with Gasteiger partial charge in [0, 0.05) is 29.9 Å². The van der Waals surface area contributed by atoms with Gasteiger partial charge in [0.05, 0.1) is 25.9 Å². The molecule has 2 heterocycles. The topological polar surface area (TPSA) is 77.1 Å². The molecule has 2 aromatic carbocycles. The van der Waals surface area contributed by atoms with Gasteiger partial charge in [-0.1, -0.05) is 12.1 Å². The van der Waals surface area contributed by atoms with E-state index in [1.807, 2.05) is 0 Å². The Balaban J connectivity index is 1.52. The number of halogens is 3. The molecule has 0 radical (unpaired) electrons. The number of anilines is 1. The Morgan fingerprint density at radius 1 is 1.15 bits per heavy atom. The first kappa shape index (κ1) is 22.7. The molecule has 2 amide bonds. The smallest absolute Gasteiger partial charge is 0.416 e. The molecule has 2 aliphatic heterocycles. The number of morpholine rings is 1. The molecule has 4 rings (SSSR count). The molecule has 10 heteroatoms. The van der Waals surface area contributed by atoms with Crippen molar-refractivity contribution in [3.63, 3.8) is 0 Å². The first-order valence-electron chi connectivity index (χ1n) is 10.2. The first-order chi connectivity index (χ1) is 15.8. The number of nitrogens with zero attached hydrogens (tertiary/aromatic N) is 1. The van der Waals surface area contributed by atoms with Crippen LogP contribution in [0.25, 0.3) is 11.6 Å². The molecule has 0 aromatic heterocycles. The second kappa shape index (κ2) is 9.14. The third-order valence-electron chi connectivity index (χ3n) is 5.34. The van der Waals surface area contributed by atoms with Crippen LogP contribution in [0.4, 0.5) is 18.9 Å². The number of hydrogen-bond acceptors (Lipinski definition) is 5. The number of rotatable bonds is 5. The van der Waals surface area contributed by atoms with Gasteiger partial charge in [-0.25, -0.2) is 0 Å². The summed E-state index contributed by atoms with van der Waals surface area (Å²) in [6, 6.07) is 8.02. The van der Waals surface area contributed by atoms with Crippen LogP contribution in [-0.4, -0.2) is 56.7 Å². The Labute approximate surface area is 187 Å². The number of benzene rings is 2. The average Bonchev–Trinajstić information content (AvgIpc) is 3.12. The molecule has 0 aliphatic carbocycles. The summed E-state index contributed by atoms with van der Waals surface area (Å²) < 4.78 is 55.1. The minimum absolute atomic E-state index is 0.106. The number of nitrogens with one attached hydrogen (secondary N) is 1. The lowest BCUT2D eigenvalue weighted by Gasteiger charge is -2.26. The number of amides is 2. The SMILES string of the molecule is COc1cc(/C=C2/C(=O)Nc3cc(C(F)(F)F)ccc32)ccc1OCC(=O)N1CCOCC1. The van der Waals surface area contributed by atoms with E-state index in [1.165, 1.54) is 13.2 Å². The molecule has 0 bridgehead atoms. The molecule has 174 valence electrons. The maximum atomic E-state index is 13.0. The fourth-order valence-electron chi connectivity index (χ4n) is 3.62. The molecule has 1 fully saturated rings. The van der Waals surface area contributed by atoms with Crippen LogP contribution >= 0.6 is 0 Å². The summed E-state index contributed by atoms with van der Waals surface area (Å²) in [5.41, 5.74) is 0.462. The highest BCUT2D eigenvalue weighted by Gasteiger charge is 2.33. The molecule has 0 saturated carbocycles. The van der Waals surface area contributed by atoms with Crippen LogP contribution in [0.5, 0.6) is 11.5 Å². The highest BCUT2D eigenvalue weighted by molar-refractivity contribution is 6.35. The lowest BCUT2D eigenvalue weighted by atomic mass is 10.0. The van der Waals surface area contributed by atoms with E-state index >= 15 is 0 Å². The van der Waals surface area contributed by atoms with Gasteiger partial charge in [-0.2, -0.15) is 13.2 Å². The van der Waals surface area contributed by atoms with Gasteiger partial charge in [0.1, 0.15) is 0 Å². The fraction of sp³-hybridized carbons (Fsp3) is 0.304. The van der Waals surface area contributed by atoms with Crippen LogP contribution in [0.2, 0.25) is 0 Å². The fourth-order valence-corrected chi connectivity index (χ4v) is 3.62. The molecular weight excluding hydrogens is 441 g/mol. The van der Waals surface area contributed by atoms with E-state index in [0.29, 0.717) is 48.9 Å². The largest absolute Gasteiger partial charge is 0.493 e. The monoisotopic (exact) mass is 462 g/mol. The summed E-state index contributed by atoms with van der Waals surface area (Å²) in [5.74, 6) is 0.0428. The van der Waals surface area contributed by atoms with E-state index in [2.05, 4.69) is 5.32 Å². The van der Waals surface area contributed by atoms with E-state index in [1.54, 1.807) is 29.2 Å². The van der Waals surface area contributed by atoms with Gasteiger partial charge in [-0.05, 0) is 35.9 Å². The number of alkyl halides is 3. The first-order valence-corrected chi connectivity index (χ1v) is 10.2. The summed E-state index contributed by atoms with van der Waals surface area (Å²) in [6.45, 7) is 1.85. The standard InChI is InChI=1S/C23H21F3N2O5/c1-31-20-11-14(2-5-19(20)33-13-21(29)28-6-8-32-9-7-28)10-17-16-4-3-15(23(24,25)26)12-18(16)27-22(17)30/h2-5,10-12H,6-9,13H2,1H3,(H,27,30)/b17-10+. The minimum atomic E-state index is -4.50. The van der Waals surface area contributed by atoms with Gasteiger partial charge in [-0.15, -0.1) is 0 Å². The van der Waals surface area contributed by atoms with E-state index in [-0.39, 0.29) is 23.8 Å². The van der Waals surface area contributed by atoms with Crippen molar-refractivity contribution in [2.75, 3.05) is 45.3 Å². The molecular formula is C23H21F3N2O5. The Morgan fingerprint density at radius 2 is 1.91 bits per heavy atom. The van der Waals surface area contributed by atoms with Crippen molar-refractivity contribution in [3.05, 3.63) is 53.1 Å². The zero-order valence-electron chi connectivity index (χ0n) is 17.7. The van der Waals surface area contributed by atoms with E-state index in [0.717, 1.165) is 12.1 Å². The number of fused-ring (bicyclic) bond motifs is 1. The number of carbonyl (C=O) groups is 2. The summed E-state index contributed by atoms with van der Waals surface area (Å²) >= 11 is 0. The van der Waals surface area contributed by atoms with Crippen molar-refractivity contribution in [1.29, 1.82) is 0 Å². The highest BCUT2D eigenvalue weighted by Crippen LogP contribution is 2.39. The van der Waals surface area contributed by atoms with Gasteiger partial charge < -0.3 is 24.4 Å². The molecule has 33 heavy (non-hydrogen) atoms. The zero-order valence-corrected chi connectivity index (χ0v) is 17.7. The Hall–Kier alpha value is -3.53. The Bertz CT molecular complexity index is 1110. The number of carbonyl (C=O) groups excluding carboxylic acids is 2. The Morgan fingerprint density at radius 3 is 2.61 bits per heavy atom. The quantitative estimate of drug-likeness (QED) is 0.689. The second-order valence-corrected chi connectivity index (χ2v) is 7.46. The van der Waals surface area contributed by atoms with E-state index < -0.39 is 17.6 Å².